The molecule has 1 unspecified atom stereocenters. The van der Waals surface area contributed by atoms with Crippen molar-refractivity contribution >= 4 is 40.6 Å². The Hall–Kier alpha value is -2.58. The predicted octanol–water partition coefficient (Wildman–Crippen LogP) is 6.13. The molecule has 0 saturated heterocycles. The van der Waals surface area contributed by atoms with E-state index in [2.05, 4.69) is 10.5 Å². The molecule has 1 N–H and O–H groups in total. The average Bonchev–Trinajstić information content (AvgIpc) is 3.43. The molecule has 1 aliphatic carbocycles. The van der Waals surface area contributed by atoms with Crippen LogP contribution in [0.25, 0.3) is 0 Å². The highest BCUT2D eigenvalue weighted by molar-refractivity contribution is 6.34. The lowest BCUT2D eigenvalue weighted by Gasteiger charge is -2.29. The molecule has 1 heterocycles. The molecule has 0 bridgehead atoms. The summed E-state index contributed by atoms with van der Waals surface area (Å²) in [6.07, 6.45) is -3.30. The number of carbonyl (C=O) groups excluding carboxylic acids is 2. The fraction of sp³-hybridized carbons (Fsp3) is 0.375. The molecule has 1 amide bonds. The van der Waals surface area contributed by atoms with Crippen molar-refractivity contribution in [2.75, 3.05) is 0 Å². The zero-order valence-corrected chi connectivity index (χ0v) is 19.7. The summed E-state index contributed by atoms with van der Waals surface area (Å²) in [7, 11) is 0. The second-order valence-electron chi connectivity index (χ2n) is 8.58. The number of halogens is 5. The van der Waals surface area contributed by atoms with Gasteiger partial charge in [0.15, 0.2) is 5.78 Å². The number of Topliss-reactive ketones (excluding diaryl/α,β-unsaturated/α-hetero) is 1. The first-order chi connectivity index (χ1) is 16.0. The van der Waals surface area contributed by atoms with Gasteiger partial charge in [0.2, 0.25) is 5.91 Å². The minimum atomic E-state index is -4.79. The standard InChI is InChI=1S/C24H21Cl2F3N2O3/c1-13-8-14(2-5-19(13)21(32)6-7-22(33)30-18-3-4-18)20-12-23(34-31-20,24(27,28)29)15-9-16(25)11-17(26)10-15/h2,5,8-11,18H,3-4,6-7,12H2,1H3,(H,30,33). The van der Waals surface area contributed by atoms with Gasteiger partial charge < -0.3 is 10.2 Å². The third-order valence-corrected chi connectivity index (χ3v) is 6.33. The predicted molar refractivity (Wildman–Crippen MR) is 122 cm³/mol. The molecular formula is C24H21Cl2F3N2O3. The Bertz CT molecular complexity index is 1160. The molecule has 5 nitrogen and oxygen atoms in total. The van der Waals surface area contributed by atoms with Gasteiger partial charge in [0, 0.05) is 46.5 Å². The Morgan fingerprint density at radius 3 is 2.38 bits per heavy atom. The molecule has 0 radical (unpaired) electrons. The van der Waals surface area contributed by atoms with E-state index in [1.807, 2.05) is 0 Å². The van der Waals surface area contributed by atoms with Crippen LogP contribution in [0.5, 0.6) is 0 Å². The van der Waals surface area contributed by atoms with Crippen molar-refractivity contribution in [3.8, 4) is 0 Å². The Morgan fingerprint density at radius 2 is 1.79 bits per heavy atom. The lowest BCUT2D eigenvalue weighted by Crippen LogP contribution is -2.42. The van der Waals surface area contributed by atoms with Crippen LogP contribution < -0.4 is 5.32 Å². The van der Waals surface area contributed by atoms with Crippen LogP contribution in [0.15, 0.2) is 41.6 Å². The highest BCUT2D eigenvalue weighted by Crippen LogP contribution is 2.49. The van der Waals surface area contributed by atoms with Crippen LogP contribution in [-0.2, 0) is 15.2 Å². The van der Waals surface area contributed by atoms with Crippen LogP contribution in [0, 0.1) is 6.92 Å². The third-order valence-electron chi connectivity index (χ3n) is 5.90. The molecule has 10 heteroatoms. The second kappa shape index (κ2) is 9.23. The summed E-state index contributed by atoms with van der Waals surface area (Å²) in [4.78, 5) is 29.4. The van der Waals surface area contributed by atoms with Crippen LogP contribution in [0.3, 0.4) is 0 Å². The normalized spacial score (nSPS) is 20.0. The van der Waals surface area contributed by atoms with E-state index in [0.717, 1.165) is 25.0 Å². The van der Waals surface area contributed by atoms with Crippen molar-refractivity contribution in [3.63, 3.8) is 0 Å². The summed E-state index contributed by atoms with van der Waals surface area (Å²) in [6.45, 7) is 1.69. The first kappa shape index (κ1) is 24.5. The van der Waals surface area contributed by atoms with Crippen molar-refractivity contribution in [3.05, 3.63) is 68.7 Å². The zero-order valence-electron chi connectivity index (χ0n) is 18.1. The van der Waals surface area contributed by atoms with Crippen molar-refractivity contribution in [2.45, 2.75) is 56.8 Å². The fourth-order valence-electron chi connectivity index (χ4n) is 3.89. The molecule has 1 fully saturated rings. The van der Waals surface area contributed by atoms with Gasteiger partial charge in [-0.25, -0.2) is 0 Å². The molecule has 34 heavy (non-hydrogen) atoms. The van der Waals surface area contributed by atoms with E-state index in [0.29, 0.717) is 16.7 Å². The van der Waals surface area contributed by atoms with Crippen LogP contribution >= 0.6 is 23.2 Å². The maximum Gasteiger partial charge on any atom is 0.435 e. The number of nitrogens with zero attached hydrogens (tertiary/aromatic N) is 1. The SMILES string of the molecule is Cc1cc(C2=NOC(c3cc(Cl)cc(Cl)c3)(C(F)(F)F)C2)ccc1C(=O)CCC(=O)NC1CC1. The molecule has 2 aliphatic rings. The van der Waals surface area contributed by atoms with E-state index >= 15 is 0 Å². The lowest BCUT2D eigenvalue weighted by atomic mass is 9.86. The topological polar surface area (TPSA) is 67.8 Å². The van der Waals surface area contributed by atoms with Gasteiger partial charge in [-0.15, -0.1) is 0 Å². The first-order valence-electron chi connectivity index (χ1n) is 10.7. The average molecular weight is 513 g/mol. The highest BCUT2D eigenvalue weighted by atomic mass is 35.5. The van der Waals surface area contributed by atoms with Gasteiger partial charge in [0.05, 0.1) is 5.71 Å². The maximum absolute atomic E-state index is 14.2. The molecule has 1 atom stereocenters. The maximum atomic E-state index is 14.2. The van der Waals surface area contributed by atoms with E-state index < -0.39 is 18.2 Å². The number of alkyl halides is 3. The number of hydrogen-bond acceptors (Lipinski definition) is 4. The minimum absolute atomic E-state index is 0.0488. The Balaban J connectivity index is 1.51. The van der Waals surface area contributed by atoms with Gasteiger partial charge in [0.1, 0.15) is 0 Å². The number of nitrogens with one attached hydrogen (secondary N) is 1. The zero-order chi connectivity index (χ0) is 24.7. The largest absolute Gasteiger partial charge is 0.435 e. The summed E-state index contributed by atoms with van der Waals surface area (Å²) in [5.74, 6) is -0.370. The third kappa shape index (κ3) is 5.08. The van der Waals surface area contributed by atoms with Crippen LogP contribution in [0.1, 0.15) is 59.2 Å². The second-order valence-corrected chi connectivity index (χ2v) is 9.46. The number of carbonyl (C=O) groups is 2. The minimum Gasteiger partial charge on any atom is -0.374 e. The van der Waals surface area contributed by atoms with E-state index in [4.69, 9.17) is 28.0 Å². The molecule has 0 spiro atoms. The van der Waals surface area contributed by atoms with Gasteiger partial charge >= 0.3 is 6.18 Å². The molecule has 0 aromatic heterocycles. The van der Waals surface area contributed by atoms with Crippen molar-refractivity contribution < 1.29 is 27.6 Å². The number of oxime groups is 1. The van der Waals surface area contributed by atoms with Gasteiger partial charge in [-0.1, -0.05) is 40.5 Å². The molecule has 1 aliphatic heterocycles. The molecule has 1 saturated carbocycles. The number of amides is 1. The summed E-state index contributed by atoms with van der Waals surface area (Å²) >= 11 is 11.9. The van der Waals surface area contributed by atoms with Crippen LogP contribution in [-0.4, -0.2) is 29.6 Å². The Kier molecular flexibility index (Phi) is 6.66. The van der Waals surface area contributed by atoms with Crippen molar-refractivity contribution in [1.82, 2.24) is 5.32 Å². The number of ketones is 1. The van der Waals surface area contributed by atoms with Crippen LogP contribution in [0.2, 0.25) is 10.0 Å². The summed E-state index contributed by atoms with van der Waals surface area (Å²) in [5.41, 5.74) is -1.51. The lowest BCUT2D eigenvalue weighted by molar-refractivity contribution is -0.275. The van der Waals surface area contributed by atoms with Gasteiger partial charge in [0.25, 0.3) is 5.60 Å². The van der Waals surface area contributed by atoms with E-state index in [1.165, 1.54) is 18.2 Å². The number of aryl methyl sites for hydroxylation is 1. The molecule has 2 aromatic carbocycles. The number of hydrogen-bond donors (Lipinski definition) is 1. The van der Waals surface area contributed by atoms with Crippen molar-refractivity contribution in [1.29, 1.82) is 0 Å². The summed E-state index contributed by atoms with van der Waals surface area (Å²) in [6, 6.07) is 8.55. The fourth-order valence-corrected chi connectivity index (χ4v) is 4.42. The van der Waals surface area contributed by atoms with Gasteiger partial charge in [-0.3, -0.25) is 9.59 Å². The first-order valence-corrected chi connectivity index (χ1v) is 11.5. The smallest absolute Gasteiger partial charge is 0.374 e. The summed E-state index contributed by atoms with van der Waals surface area (Å²) in [5, 5.41) is 6.67. The molecule has 2 aromatic rings. The quantitative estimate of drug-likeness (QED) is 0.454. The molecular weight excluding hydrogens is 492 g/mol. The Morgan fingerprint density at radius 1 is 1.12 bits per heavy atom. The molecule has 4 rings (SSSR count). The van der Waals surface area contributed by atoms with Crippen LogP contribution in [0.4, 0.5) is 13.2 Å². The van der Waals surface area contributed by atoms with E-state index in [-0.39, 0.29) is 51.9 Å². The summed E-state index contributed by atoms with van der Waals surface area (Å²) < 4.78 is 42.5. The Labute approximate surface area is 204 Å². The van der Waals surface area contributed by atoms with Gasteiger partial charge in [-0.05, 0) is 55.2 Å². The monoisotopic (exact) mass is 512 g/mol. The van der Waals surface area contributed by atoms with E-state index in [9.17, 15) is 22.8 Å². The number of rotatable bonds is 7. The molecule has 180 valence electrons. The number of benzene rings is 2. The van der Waals surface area contributed by atoms with Gasteiger partial charge in [-0.2, -0.15) is 13.2 Å². The highest BCUT2D eigenvalue weighted by Gasteiger charge is 2.62. The van der Waals surface area contributed by atoms with E-state index in [1.54, 1.807) is 13.0 Å². The van der Waals surface area contributed by atoms with Crippen molar-refractivity contribution in [2.24, 2.45) is 5.16 Å².